The van der Waals surface area contributed by atoms with E-state index < -0.39 is 0 Å². The maximum Gasteiger partial charge on any atom is 0.252 e. The minimum atomic E-state index is -0.183. The largest absolute Gasteiger partial charge is 0.345 e. The highest BCUT2D eigenvalue weighted by atomic mass is 35.5. The molecule has 0 radical (unpaired) electrons. The number of hydrogen-bond donors (Lipinski definition) is 1. The summed E-state index contributed by atoms with van der Waals surface area (Å²) in [5.41, 5.74) is 3.74. The van der Waals surface area contributed by atoms with E-state index in [1.54, 1.807) is 23.9 Å². The van der Waals surface area contributed by atoms with Gasteiger partial charge in [-0.05, 0) is 53.1 Å². The lowest BCUT2D eigenvalue weighted by molar-refractivity contribution is 0.0951. The first-order valence-corrected chi connectivity index (χ1v) is 13.1. The van der Waals surface area contributed by atoms with Crippen LogP contribution in [0.15, 0.2) is 90.1 Å². The first-order chi connectivity index (χ1) is 17.5. The van der Waals surface area contributed by atoms with Gasteiger partial charge in [0, 0.05) is 16.3 Å². The summed E-state index contributed by atoms with van der Waals surface area (Å²) in [4.78, 5) is 13.1. The summed E-state index contributed by atoms with van der Waals surface area (Å²) in [6.45, 7) is 2.27. The molecule has 0 aliphatic rings. The molecular formula is C28H22Cl2N4OS. The molecule has 1 amide bonds. The summed E-state index contributed by atoms with van der Waals surface area (Å²) in [7, 11) is 0. The van der Waals surface area contributed by atoms with Gasteiger partial charge < -0.3 is 5.32 Å². The molecule has 0 atom stereocenters. The van der Waals surface area contributed by atoms with Crippen molar-refractivity contribution in [3.8, 4) is 5.69 Å². The topological polar surface area (TPSA) is 59.8 Å². The Morgan fingerprint density at radius 2 is 1.72 bits per heavy atom. The zero-order valence-electron chi connectivity index (χ0n) is 19.4. The molecule has 5 nitrogen and oxygen atoms in total. The standard InChI is InChI=1S/C28H22Cl2N4OS/c1-18-7-2-3-9-20(18)17-36-28-33-32-26(34(28)25-14-13-21(29)15-24(25)30)16-31-27(35)23-12-6-10-19-8-4-5-11-22(19)23/h2-15H,16-17H2,1H3,(H,31,35). The second kappa shape index (κ2) is 10.7. The van der Waals surface area contributed by atoms with Crippen LogP contribution in [0.3, 0.4) is 0 Å². The van der Waals surface area contributed by atoms with E-state index in [2.05, 4.69) is 34.6 Å². The highest BCUT2D eigenvalue weighted by Gasteiger charge is 2.19. The molecule has 5 aromatic rings. The maximum absolute atomic E-state index is 13.1. The van der Waals surface area contributed by atoms with Crippen molar-refractivity contribution in [3.63, 3.8) is 0 Å². The fourth-order valence-electron chi connectivity index (χ4n) is 4.01. The number of thioether (sulfide) groups is 1. The molecule has 0 aliphatic carbocycles. The highest BCUT2D eigenvalue weighted by molar-refractivity contribution is 7.98. The molecule has 1 aromatic heterocycles. The molecule has 0 fully saturated rings. The highest BCUT2D eigenvalue weighted by Crippen LogP contribution is 2.31. The molecule has 5 rings (SSSR count). The van der Waals surface area contributed by atoms with Crippen molar-refractivity contribution < 1.29 is 4.79 Å². The van der Waals surface area contributed by atoms with E-state index in [0.717, 1.165) is 16.5 Å². The van der Waals surface area contributed by atoms with Gasteiger partial charge in [-0.2, -0.15) is 0 Å². The number of carbonyl (C=O) groups is 1. The van der Waals surface area contributed by atoms with Crippen LogP contribution in [0.2, 0.25) is 10.0 Å². The van der Waals surface area contributed by atoms with Crippen LogP contribution < -0.4 is 5.32 Å². The Hall–Kier alpha value is -3.32. The van der Waals surface area contributed by atoms with Crippen molar-refractivity contribution in [1.82, 2.24) is 20.1 Å². The van der Waals surface area contributed by atoms with Gasteiger partial charge in [-0.3, -0.25) is 9.36 Å². The van der Waals surface area contributed by atoms with Gasteiger partial charge >= 0.3 is 0 Å². The van der Waals surface area contributed by atoms with Gasteiger partial charge in [0.15, 0.2) is 11.0 Å². The molecule has 1 heterocycles. The van der Waals surface area contributed by atoms with Gasteiger partial charge in [-0.1, -0.05) is 95.6 Å². The normalized spacial score (nSPS) is 11.1. The summed E-state index contributed by atoms with van der Waals surface area (Å²) in [6, 6.07) is 27.0. The van der Waals surface area contributed by atoms with E-state index >= 15 is 0 Å². The summed E-state index contributed by atoms with van der Waals surface area (Å²) in [6.07, 6.45) is 0. The minimum Gasteiger partial charge on any atom is -0.345 e. The number of benzene rings is 4. The number of nitrogens with zero attached hydrogens (tertiary/aromatic N) is 3. The van der Waals surface area contributed by atoms with Crippen LogP contribution in [-0.4, -0.2) is 20.7 Å². The number of amides is 1. The predicted octanol–water partition coefficient (Wildman–Crippen LogP) is 7.26. The lowest BCUT2D eigenvalue weighted by atomic mass is 10.0. The van der Waals surface area contributed by atoms with Crippen molar-refractivity contribution in [2.45, 2.75) is 24.4 Å². The molecule has 0 spiro atoms. The molecular weight excluding hydrogens is 511 g/mol. The maximum atomic E-state index is 13.1. The van der Waals surface area contributed by atoms with Crippen LogP contribution in [0.1, 0.15) is 27.3 Å². The molecule has 0 unspecified atom stereocenters. The second-order valence-electron chi connectivity index (χ2n) is 8.25. The zero-order valence-corrected chi connectivity index (χ0v) is 21.7. The van der Waals surface area contributed by atoms with E-state index in [0.29, 0.717) is 32.3 Å². The van der Waals surface area contributed by atoms with Crippen molar-refractivity contribution >= 4 is 51.6 Å². The lowest BCUT2D eigenvalue weighted by Gasteiger charge is -2.13. The Labute approximate surface area is 223 Å². The van der Waals surface area contributed by atoms with Crippen LogP contribution in [-0.2, 0) is 12.3 Å². The first-order valence-electron chi connectivity index (χ1n) is 11.3. The van der Waals surface area contributed by atoms with Crippen LogP contribution in [0, 0.1) is 6.92 Å². The molecule has 0 aliphatic heterocycles. The van der Waals surface area contributed by atoms with E-state index in [-0.39, 0.29) is 12.5 Å². The van der Waals surface area contributed by atoms with Crippen molar-refractivity contribution in [2.24, 2.45) is 0 Å². The molecule has 0 saturated heterocycles. The molecule has 180 valence electrons. The quantitative estimate of drug-likeness (QED) is 0.224. The van der Waals surface area contributed by atoms with Crippen LogP contribution in [0.4, 0.5) is 0 Å². The Morgan fingerprint density at radius 3 is 2.56 bits per heavy atom. The van der Waals surface area contributed by atoms with Crippen molar-refractivity contribution in [1.29, 1.82) is 0 Å². The number of hydrogen-bond acceptors (Lipinski definition) is 4. The van der Waals surface area contributed by atoms with Crippen LogP contribution in [0.25, 0.3) is 16.5 Å². The Balaban J connectivity index is 1.44. The SMILES string of the molecule is Cc1ccccc1CSc1nnc(CNC(=O)c2cccc3ccccc23)n1-c1ccc(Cl)cc1Cl. The summed E-state index contributed by atoms with van der Waals surface area (Å²) in [5, 5.41) is 15.4. The molecule has 0 bridgehead atoms. The molecule has 0 saturated carbocycles. The number of halogens is 2. The third kappa shape index (κ3) is 5.12. The lowest BCUT2D eigenvalue weighted by Crippen LogP contribution is -2.25. The summed E-state index contributed by atoms with van der Waals surface area (Å²) < 4.78 is 1.88. The zero-order chi connectivity index (χ0) is 25.1. The molecule has 8 heteroatoms. The van der Waals surface area contributed by atoms with Crippen LogP contribution >= 0.6 is 35.0 Å². The number of aryl methyl sites for hydroxylation is 1. The average Bonchev–Trinajstić information content (AvgIpc) is 3.29. The van der Waals surface area contributed by atoms with Gasteiger partial charge in [0.2, 0.25) is 0 Å². The average molecular weight is 533 g/mol. The number of aromatic nitrogens is 3. The minimum absolute atomic E-state index is 0.179. The summed E-state index contributed by atoms with van der Waals surface area (Å²) in [5.74, 6) is 1.11. The number of rotatable bonds is 7. The van der Waals surface area contributed by atoms with E-state index in [1.807, 2.05) is 65.2 Å². The predicted molar refractivity (Wildman–Crippen MR) is 147 cm³/mol. The Morgan fingerprint density at radius 1 is 0.944 bits per heavy atom. The van der Waals surface area contributed by atoms with Gasteiger partial charge in [0.1, 0.15) is 0 Å². The molecule has 1 N–H and O–H groups in total. The molecule has 36 heavy (non-hydrogen) atoms. The Bertz CT molecular complexity index is 1560. The van der Waals surface area contributed by atoms with Gasteiger partial charge in [-0.25, -0.2) is 0 Å². The Kier molecular flexibility index (Phi) is 7.28. The van der Waals surface area contributed by atoms with Crippen LogP contribution in [0.5, 0.6) is 0 Å². The van der Waals surface area contributed by atoms with Gasteiger partial charge in [0.25, 0.3) is 5.91 Å². The first kappa shape index (κ1) is 24.4. The van der Waals surface area contributed by atoms with E-state index in [1.165, 1.54) is 11.1 Å². The smallest absolute Gasteiger partial charge is 0.252 e. The monoisotopic (exact) mass is 532 g/mol. The fourth-order valence-corrected chi connectivity index (χ4v) is 5.54. The molecule has 4 aromatic carbocycles. The third-order valence-corrected chi connectivity index (χ3v) is 7.43. The number of nitrogens with one attached hydrogen (secondary N) is 1. The van der Waals surface area contributed by atoms with E-state index in [4.69, 9.17) is 23.2 Å². The third-order valence-electron chi connectivity index (χ3n) is 5.91. The van der Waals surface area contributed by atoms with E-state index in [9.17, 15) is 4.79 Å². The van der Waals surface area contributed by atoms with Gasteiger partial charge in [-0.15, -0.1) is 10.2 Å². The second-order valence-corrected chi connectivity index (χ2v) is 10.0. The summed E-state index contributed by atoms with van der Waals surface area (Å²) >= 11 is 14.3. The van der Waals surface area contributed by atoms with Gasteiger partial charge in [0.05, 0.1) is 17.3 Å². The van der Waals surface area contributed by atoms with Crippen molar-refractivity contribution in [2.75, 3.05) is 0 Å². The number of carbonyl (C=O) groups excluding carboxylic acids is 1. The fraction of sp³-hybridized carbons (Fsp3) is 0.107. The number of fused-ring (bicyclic) bond motifs is 1. The van der Waals surface area contributed by atoms with Crippen molar-refractivity contribution in [3.05, 3.63) is 117 Å².